The van der Waals surface area contributed by atoms with Crippen molar-refractivity contribution in [1.29, 1.82) is 0 Å². The van der Waals surface area contributed by atoms with E-state index in [1.807, 2.05) is 0 Å². The van der Waals surface area contributed by atoms with Crippen LogP contribution in [0, 0.1) is 5.82 Å². The van der Waals surface area contributed by atoms with E-state index in [1.165, 1.54) is 12.1 Å². The minimum atomic E-state index is -0.375. The van der Waals surface area contributed by atoms with Crippen LogP contribution in [0.4, 0.5) is 4.39 Å². The van der Waals surface area contributed by atoms with Crippen molar-refractivity contribution in [2.24, 2.45) is 5.73 Å². The predicted octanol–water partition coefficient (Wildman–Crippen LogP) is 4.66. The molecule has 0 saturated heterocycles. The topological polar surface area (TPSA) is 35.2 Å². The van der Waals surface area contributed by atoms with Crippen LogP contribution in [0.3, 0.4) is 0 Å². The second-order valence-electron chi connectivity index (χ2n) is 4.77. The van der Waals surface area contributed by atoms with Crippen LogP contribution in [0.25, 0.3) is 0 Å². The lowest BCUT2D eigenvalue weighted by Crippen LogP contribution is -2.24. The van der Waals surface area contributed by atoms with Crippen molar-refractivity contribution in [2.45, 2.75) is 18.6 Å². The van der Waals surface area contributed by atoms with Gasteiger partial charge in [-0.25, -0.2) is 4.39 Å². The molecular formula is C15H12Cl2FNO. The second kappa shape index (κ2) is 5.24. The van der Waals surface area contributed by atoms with Gasteiger partial charge in [0.1, 0.15) is 17.7 Å². The fraction of sp³-hybridized carbons (Fsp3) is 0.200. The highest BCUT2D eigenvalue weighted by atomic mass is 35.5. The molecule has 2 nitrogen and oxygen atoms in total. The van der Waals surface area contributed by atoms with E-state index in [4.69, 9.17) is 33.7 Å². The zero-order chi connectivity index (χ0) is 14.3. The van der Waals surface area contributed by atoms with Gasteiger partial charge in [-0.3, -0.25) is 0 Å². The van der Waals surface area contributed by atoms with Crippen LogP contribution in [-0.4, -0.2) is 0 Å². The van der Waals surface area contributed by atoms with E-state index < -0.39 is 0 Å². The van der Waals surface area contributed by atoms with Gasteiger partial charge in [-0.1, -0.05) is 35.3 Å². The Morgan fingerprint density at radius 3 is 2.55 bits per heavy atom. The fourth-order valence-corrected chi connectivity index (χ4v) is 3.11. The molecule has 1 aliphatic rings. The third-order valence-electron chi connectivity index (χ3n) is 3.43. The van der Waals surface area contributed by atoms with Crippen LogP contribution in [-0.2, 0) is 0 Å². The normalized spacial score (nSPS) is 21.2. The molecule has 5 heteroatoms. The highest BCUT2D eigenvalue weighted by Crippen LogP contribution is 2.43. The summed E-state index contributed by atoms with van der Waals surface area (Å²) < 4.78 is 19.2. The van der Waals surface area contributed by atoms with Gasteiger partial charge in [-0.15, -0.1) is 0 Å². The maximum Gasteiger partial charge on any atom is 0.128 e. The van der Waals surface area contributed by atoms with Crippen molar-refractivity contribution >= 4 is 23.2 Å². The van der Waals surface area contributed by atoms with Gasteiger partial charge in [-0.2, -0.15) is 0 Å². The van der Waals surface area contributed by atoms with E-state index in [2.05, 4.69) is 0 Å². The van der Waals surface area contributed by atoms with Gasteiger partial charge in [0, 0.05) is 39.7 Å². The summed E-state index contributed by atoms with van der Waals surface area (Å²) in [6.07, 6.45) is 0.169. The van der Waals surface area contributed by atoms with Crippen molar-refractivity contribution in [1.82, 2.24) is 0 Å². The smallest absolute Gasteiger partial charge is 0.128 e. The molecule has 1 heterocycles. The maximum absolute atomic E-state index is 13.3. The molecule has 1 aliphatic heterocycles. The molecule has 0 radical (unpaired) electrons. The Kier molecular flexibility index (Phi) is 3.59. The van der Waals surface area contributed by atoms with Crippen LogP contribution in [0.1, 0.15) is 29.7 Å². The highest BCUT2D eigenvalue weighted by Gasteiger charge is 2.30. The zero-order valence-corrected chi connectivity index (χ0v) is 12.0. The monoisotopic (exact) mass is 311 g/mol. The molecule has 2 atom stereocenters. The minimum Gasteiger partial charge on any atom is -0.485 e. The average molecular weight is 312 g/mol. The van der Waals surface area contributed by atoms with Gasteiger partial charge in [0.25, 0.3) is 0 Å². The summed E-state index contributed by atoms with van der Waals surface area (Å²) in [5.41, 5.74) is 7.63. The molecule has 3 rings (SSSR count). The number of benzene rings is 2. The standard InChI is InChI=1S/C15H12Cl2FNO/c16-10-2-1-3-11(17)15(10)14-7-12(19)9-5-4-8(18)6-13(9)20-14/h1-6,12,14H,7,19H2. The van der Waals surface area contributed by atoms with Crippen LogP contribution in [0.15, 0.2) is 36.4 Å². The van der Waals surface area contributed by atoms with Gasteiger partial charge in [-0.05, 0) is 18.2 Å². The van der Waals surface area contributed by atoms with Gasteiger partial charge >= 0.3 is 0 Å². The average Bonchev–Trinajstić information content (AvgIpc) is 2.38. The third kappa shape index (κ3) is 2.37. The van der Waals surface area contributed by atoms with E-state index in [0.717, 1.165) is 5.56 Å². The van der Waals surface area contributed by atoms with E-state index in [0.29, 0.717) is 27.8 Å². The summed E-state index contributed by atoms with van der Waals surface area (Å²) in [5.74, 6) is 0.0894. The molecule has 0 aliphatic carbocycles. The van der Waals surface area contributed by atoms with Crippen molar-refractivity contribution in [3.05, 3.63) is 63.4 Å². The van der Waals surface area contributed by atoms with Crippen LogP contribution in [0.5, 0.6) is 5.75 Å². The first-order valence-electron chi connectivity index (χ1n) is 6.22. The van der Waals surface area contributed by atoms with Gasteiger partial charge in [0.2, 0.25) is 0 Å². The lowest BCUT2D eigenvalue weighted by molar-refractivity contribution is 0.161. The molecule has 2 aromatic carbocycles. The summed E-state index contributed by atoms with van der Waals surface area (Å²) in [7, 11) is 0. The Balaban J connectivity index is 2.03. The Hall–Kier alpha value is -1.29. The Labute approximate surface area is 126 Å². The summed E-state index contributed by atoms with van der Waals surface area (Å²) in [4.78, 5) is 0. The number of fused-ring (bicyclic) bond motifs is 1. The molecular weight excluding hydrogens is 300 g/mol. The van der Waals surface area contributed by atoms with Gasteiger partial charge in [0.05, 0.1) is 0 Å². The molecule has 2 unspecified atom stereocenters. The van der Waals surface area contributed by atoms with Crippen molar-refractivity contribution < 1.29 is 9.13 Å². The van der Waals surface area contributed by atoms with Crippen molar-refractivity contribution in [3.63, 3.8) is 0 Å². The molecule has 0 amide bonds. The summed E-state index contributed by atoms with van der Waals surface area (Å²) >= 11 is 12.4. The molecule has 0 fully saturated rings. The van der Waals surface area contributed by atoms with Crippen molar-refractivity contribution in [2.75, 3.05) is 0 Å². The van der Waals surface area contributed by atoms with E-state index in [-0.39, 0.29) is 18.0 Å². The van der Waals surface area contributed by atoms with Gasteiger partial charge in [0.15, 0.2) is 0 Å². The summed E-state index contributed by atoms with van der Waals surface area (Å²) in [5, 5.41) is 1.05. The second-order valence-corrected chi connectivity index (χ2v) is 5.58. The summed E-state index contributed by atoms with van der Waals surface area (Å²) in [6.45, 7) is 0. The maximum atomic E-state index is 13.3. The highest BCUT2D eigenvalue weighted by molar-refractivity contribution is 6.36. The predicted molar refractivity (Wildman–Crippen MR) is 77.8 cm³/mol. The van der Waals surface area contributed by atoms with Crippen LogP contribution >= 0.6 is 23.2 Å². The van der Waals surface area contributed by atoms with E-state index >= 15 is 0 Å². The first-order valence-corrected chi connectivity index (χ1v) is 6.97. The number of ether oxygens (including phenoxy) is 1. The molecule has 0 aromatic heterocycles. The summed E-state index contributed by atoms with van der Waals surface area (Å²) in [6, 6.07) is 9.40. The number of rotatable bonds is 1. The molecule has 104 valence electrons. The SMILES string of the molecule is NC1CC(c2c(Cl)cccc2Cl)Oc2cc(F)ccc21. The van der Waals surface area contributed by atoms with Crippen LogP contribution in [0.2, 0.25) is 10.0 Å². The minimum absolute atomic E-state index is 0.239. The molecule has 2 N–H and O–H groups in total. The number of nitrogens with two attached hydrogens (primary N) is 1. The Bertz CT molecular complexity index is 642. The van der Waals surface area contributed by atoms with Crippen molar-refractivity contribution in [3.8, 4) is 5.75 Å². The lowest BCUT2D eigenvalue weighted by atomic mass is 9.93. The third-order valence-corrected chi connectivity index (χ3v) is 4.09. The molecule has 20 heavy (non-hydrogen) atoms. The number of hydrogen-bond acceptors (Lipinski definition) is 2. The van der Waals surface area contributed by atoms with E-state index in [1.54, 1.807) is 24.3 Å². The quantitative estimate of drug-likeness (QED) is 0.831. The first-order chi connectivity index (χ1) is 9.56. The Morgan fingerprint density at radius 2 is 1.85 bits per heavy atom. The molecule has 0 bridgehead atoms. The Morgan fingerprint density at radius 1 is 1.15 bits per heavy atom. The molecule has 0 saturated carbocycles. The van der Waals surface area contributed by atoms with Gasteiger partial charge < -0.3 is 10.5 Å². The number of hydrogen-bond donors (Lipinski definition) is 1. The molecule has 2 aromatic rings. The van der Waals surface area contributed by atoms with Crippen LogP contribution < -0.4 is 10.5 Å². The zero-order valence-electron chi connectivity index (χ0n) is 10.4. The molecule has 0 spiro atoms. The van der Waals surface area contributed by atoms with E-state index in [9.17, 15) is 4.39 Å². The largest absolute Gasteiger partial charge is 0.485 e. The lowest BCUT2D eigenvalue weighted by Gasteiger charge is -2.31. The number of halogens is 3. The fourth-order valence-electron chi connectivity index (χ4n) is 2.47. The first kappa shape index (κ1) is 13.7.